The molecule has 0 amide bonds. The lowest BCUT2D eigenvalue weighted by Crippen LogP contribution is -2.09. The fourth-order valence-electron chi connectivity index (χ4n) is 5.87. The zero-order valence-electron chi connectivity index (χ0n) is 21.3. The molecule has 7 rings (SSSR count). The molecule has 0 N–H and O–H groups in total. The fourth-order valence-corrected chi connectivity index (χ4v) is 5.87. The Morgan fingerprint density at radius 1 is 0.263 bits per heavy atom. The fraction of sp³-hybridized carbons (Fsp3) is 0.0526. The van der Waals surface area contributed by atoms with E-state index >= 15 is 0 Å². The predicted octanol–water partition coefficient (Wildman–Crippen LogP) is 9.85. The van der Waals surface area contributed by atoms with Crippen LogP contribution in [0.3, 0.4) is 0 Å². The average molecular weight is 485 g/mol. The summed E-state index contributed by atoms with van der Waals surface area (Å²) >= 11 is 0. The summed E-state index contributed by atoms with van der Waals surface area (Å²) in [5.74, 6) is 0. The molecule has 0 atom stereocenters. The number of hydrogen-bond acceptors (Lipinski definition) is 0. The van der Waals surface area contributed by atoms with E-state index in [4.69, 9.17) is 0 Å². The molecule has 1 aliphatic rings. The molecule has 38 heavy (non-hydrogen) atoms. The normalized spacial score (nSPS) is 12.0. The van der Waals surface area contributed by atoms with Gasteiger partial charge in [0.1, 0.15) is 0 Å². The van der Waals surface area contributed by atoms with Gasteiger partial charge < -0.3 is 0 Å². The minimum atomic E-state index is 0.953. The van der Waals surface area contributed by atoms with Crippen LogP contribution in [0, 0.1) is 0 Å². The van der Waals surface area contributed by atoms with Gasteiger partial charge in [-0.05, 0) is 104 Å². The summed E-state index contributed by atoms with van der Waals surface area (Å²) in [6.07, 6.45) is 1.91. The van der Waals surface area contributed by atoms with Gasteiger partial charge in [0.05, 0.1) is 0 Å². The average Bonchev–Trinajstić information content (AvgIpc) is 3.00. The molecular weight excluding hydrogens is 456 g/mol. The first-order valence-corrected chi connectivity index (χ1v) is 13.4. The molecule has 0 heterocycles. The van der Waals surface area contributed by atoms with Crippen LogP contribution in [-0.4, -0.2) is 0 Å². The summed E-state index contributed by atoms with van der Waals surface area (Å²) in [5.41, 5.74) is 16.0. The minimum Gasteiger partial charge on any atom is -0.0622 e. The van der Waals surface area contributed by atoms with Crippen molar-refractivity contribution in [2.24, 2.45) is 0 Å². The summed E-state index contributed by atoms with van der Waals surface area (Å²) in [5, 5.41) is 0. The second-order valence-electron chi connectivity index (χ2n) is 10.2. The van der Waals surface area contributed by atoms with Crippen LogP contribution >= 0.6 is 0 Å². The van der Waals surface area contributed by atoms with E-state index in [1.165, 1.54) is 66.8 Å². The summed E-state index contributed by atoms with van der Waals surface area (Å²) < 4.78 is 0. The van der Waals surface area contributed by atoms with Crippen molar-refractivity contribution >= 4 is 0 Å². The third kappa shape index (κ3) is 4.15. The Bertz CT molecular complexity index is 1450. The molecule has 0 bridgehead atoms. The maximum Gasteiger partial charge on any atom is -0.00196 e. The first kappa shape index (κ1) is 22.5. The lowest BCUT2D eigenvalue weighted by atomic mass is 9.79. The van der Waals surface area contributed by atoms with Gasteiger partial charge in [-0.3, -0.25) is 0 Å². The first-order valence-electron chi connectivity index (χ1n) is 13.4. The highest BCUT2D eigenvalue weighted by molar-refractivity contribution is 5.87. The molecule has 6 aromatic carbocycles. The Labute approximate surface area is 224 Å². The topological polar surface area (TPSA) is 0 Å². The Hall–Kier alpha value is -4.68. The van der Waals surface area contributed by atoms with Crippen LogP contribution in [0.5, 0.6) is 0 Å². The third-order valence-corrected chi connectivity index (χ3v) is 7.78. The van der Waals surface area contributed by atoms with Crippen molar-refractivity contribution in [3.8, 4) is 44.5 Å². The smallest absolute Gasteiger partial charge is 0.00196 e. The predicted molar refractivity (Wildman–Crippen MR) is 160 cm³/mol. The van der Waals surface area contributed by atoms with Gasteiger partial charge in [-0.2, -0.15) is 0 Å². The van der Waals surface area contributed by atoms with Gasteiger partial charge in [0, 0.05) is 0 Å². The molecular formula is C38H28. The Morgan fingerprint density at radius 2 is 0.474 bits per heavy atom. The van der Waals surface area contributed by atoms with Gasteiger partial charge in [0.2, 0.25) is 0 Å². The van der Waals surface area contributed by atoms with Crippen LogP contribution < -0.4 is 0 Å². The van der Waals surface area contributed by atoms with E-state index in [9.17, 15) is 0 Å². The third-order valence-electron chi connectivity index (χ3n) is 7.78. The van der Waals surface area contributed by atoms with Crippen LogP contribution in [0.4, 0.5) is 0 Å². The summed E-state index contributed by atoms with van der Waals surface area (Å²) in [7, 11) is 0. The lowest BCUT2D eigenvalue weighted by molar-refractivity contribution is 1.00. The maximum absolute atomic E-state index is 2.45. The van der Waals surface area contributed by atoms with Gasteiger partial charge in [0.25, 0.3) is 0 Å². The van der Waals surface area contributed by atoms with Crippen molar-refractivity contribution in [3.63, 3.8) is 0 Å². The Kier molecular flexibility index (Phi) is 5.72. The van der Waals surface area contributed by atoms with Crippen LogP contribution in [0.2, 0.25) is 0 Å². The van der Waals surface area contributed by atoms with Crippen molar-refractivity contribution in [1.29, 1.82) is 0 Å². The number of rotatable bonds is 4. The Morgan fingerprint density at radius 3 is 0.684 bits per heavy atom. The first-order chi connectivity index (χ1) is 18.8. The van der Waals surface area contributed by atoms with E-state index in [1.54, 1.807) is 0 Å². The van der Waals surface area contributed by atoms with E-state index in [2.05, 4.69) is 146 Å². The van der Waals surface area contributed by atoms with Gasteiger partial charge in [-0.15, -0.1) is 0 Å². The van der Waals surface area contributed by atoms with Gasteiger partial charge in [-0.25, -0.2) is 0 Å². The highest BCUT2D eigenvalue weighted by Crippen LogP contribution is 2.41. The van der Waals surface area contributed by atoms with E-state index < -0.39 is 0 Å². The van der Waals surface area contributed by atoms with Crippen molar-refractivity contribution in [2.45, 2.75) is 12.8 Å². The molecule has 6 aromatic rings. The van der Waals surface area contributed by atoms with Gasteiger partial charge in [0.15, 0.2) is 0 Å². The second-order valence-corrected chi connectivity index (χ2v) is 10.2. The lowest BCUT2D eigenvalue weighted by Gasteiger charge is -2.25. The molecule has 0 fully saturated rings. The van der Waals surface area contributed by atoms with Crippen molar-refractivity contribution in [3.05, 3.63) is 168 Å². The van der Waals surface area contributed by atoms with Crippen LogP contribution in [0.15, 0.2) is 146 Å². The maximum atomic E-state index is 2.45. The van der Waals surface area contributed by atoms with Crippen molar-refractivity contribution in [2.75, 3.05) is 0 Å². The highest BCUT2D eigenvalue weighted by atomic mass is 14.3. The van der Waals surface area contributed by atoms with E-state index in [0.29, 0.717) is 0 Å². The van der Waals surface area contributed by atoms with Crippen LogP contribution in [0.25, 0.3) is 44.5 Å². The van der Waals surface area contributed by atoms with Crippen molar-refractivity contribution < 1.29 is 0 Å². The molecule has 0 spiro atoms. The zero-order valence-corrected chi connectivity index (χ0v) is 21.3. The summed E-state index contributed by atoms with van der Waals surface area (Å²) in [6.45, 7) is 0. The SMILES string of the molecule is c1ccc(-c2cc3c(cc2-c2ccccc2)Cc2cc(-c4ccccc4)c(-c4ccccc4)cc2C3)cc1. The largest absolute Gasteiger partial charge is 0.0622 e. The number of hydrogen-bond donors (Lipinski definition) is 0. The van der Waals surface area contributed by atoms with Crippen LogP contribution in [-0.2, 0) is 12.8 Å². The van der Waals surface area contributed by atoms with Crippen molar-refractivity contribution in [1.82, 2.24) is 0 Å². The molecule has 0 saturated heterocycles. The Balaban J connectivity index is 1.40. The molecule has 180 valence electrons. The summed E-state index contributed by atoms with van der Waals surface area (Å²) in [4.78, 5) is 0. The van der Waals surface area contributed by atoms with Gasteiger partial charge >= 0.3 is 0 Å². The van der Waals surface area contributed by atoms with Crippen LogP contribution in [0.1, 0.15) is 22.3 Å². The monoisotopic (exact) mass is 484 g/mol. The molecule has 0 radical (unpaired) electrons. The minimum absolute atomic E-state index is 0.953. The zero-order chi connectivity index (χ0) is 25.3. The molecule has 0 heteroatoms. The molecule has 0 aliphatic heterocycles. The molecule has 0 unspecified atom stereocenters. The molecule has 0 aromatic heterocycles. The molecule has 0 saturated carbocycles. The van der Waals surface area contributed by atoms with E-state index in [0.717, 1.165) is 12.8 Å². The molecule has 0 nitrogen and oxygen atoms in total. The molecule has 1 aliphatic carbocycles. The second kappa shape index (κ2) is 9.65. The van der Waals surface area contributed by atoms with Gasteiger partial charge in [-0.1, -0.05) is 121 Å². The summed E-state index contributed by atoms with van der Waals surface area (Å²) in [6, 6.07) is 53.1. The highest BCUT2D eigenvalue weighted by Gasteiger charge is 2.22. The number of benzene rings is 6. The van der Waals surface area contributed by atoms with E-state index in [-0.39, 0.29) is 0 Å². The van der Waals surface area contributed by atoms with E-state index in [1.807, 2.05) is 0 Å². The quantitative estimate of drug-likeness (QED) is 0.233. The standard InChI is InChI=1S/C38H28/c1-5-13-27(14-6-1)35-23-31-21-33-25-37(29-17-9-3-10-18-29)38(30-19-11-4-12-20-30)26-34(33)22-32(31)24-36(35)28-15-7-2-8-16-28/h1-20,23-26H,21-22H2. The number of fused-ring (bicyclic) bond motifs is 2.